The fourth-order valence-corrected chi connectivity index (χ4v) is 6.11. The molecular weight excluding hydrogens is 508 g/mol. The second-order valence-electron chi connectivity index (χ2n) is 9.86. The molecule has 0 spiro atoms. The molecule has 2 aliphatic rings. The van der Waals surface area contributed by atoms with Crippen LogP contribution in [0.2, 0.25) is 0 Å². The Balaban J connectivity index is 1.34. The van der Waals surface area contributed by atoms with Crippen LogP contribution in [0.4, 0.5) is 5.69 Å². The molecule has 3 aromatic rings. The summed E-state index contributed by atoms with van der Waals surface area (Å²) in [5.74, 6) is -0.638. The number of carbonyl (C=O) groups is 3. The quantitative estimate of drug-likeness (QED) is 0.280. The fraction of sp³-hybridized carbons (Fsp3) is 0.281. The summed E-state index contributed by atoms with van der Waals surface area (Å²) in [5.41, 5.74) is 4.58. The maximum atomic E-state index is 13.7. The maximum Gasteiger partial charge on any atom is 0.310 e. The Hall–Kier alpha value is -3.84. The molecule has 200 valence electrons. The summed E-state index contributed by atoms with van der Waals surface area (Å²) in [7, 11) is 0. The number of piperidine rings is 1. The number of hydrogen-bond acceptors (Lipinski definition) is 5. The van der Waals surface area contributed by atoms with Crippen molar-refractivity contribution in [2.45, 2.75) is 38.1 Å². The standard InChI is InChI=1S/C32H32N2O4S/c1-3-38-32(37)26-11-8-18-33(20-26)30(35)24-16-14-23(15-17-24)19-29-31(36)34(21-25-10-5-4-9-22(25)2)27-12-6-7-13-28(27)39-29/h4-7,9-10,12-17,19,26H,3,8,11,18,20-21H2,1-2H3/b29-19+/t26-/m1/s1. The number of fused-ring (bicyclic) bond motifs is 1. The number of carbonyl (C=O) groups excluding carboxylic acids is 3. The number of esters is 1. The fourth-order valence-electron chi connectivity index (χ4n) is 5.05. The van der Waals surface area contributed by atoms with Gasteiger partial charge in [0.1, 0.15) is 0 Å². The summed E-state index contributed by atoms with van der Waals surface area (Å²) in [5, 5.41) is 0. The van der Waals surface area contributed by atoms with Gasteiger partial charge in [-0.1, -0.05) is 60.3 Å². The number of rotatable bonds is 6. The normalized spacial score (nSPS) is 18.2. The number of benzene rings is 3. The third kappa shape index (κ3) is 5.93. The van der Waals surface area contributed by atoms with E-state index >= 15 is 0 Å². The number of para-hydroxylation sites is 1. The van der Waals surface area contributed by atoms with Gasteiger partial charge in [-0.3, -0.25) is 14.4 Å². The van der Waals surface area contributed by atoms with Crippen molar-refractivity contribution in [2.24, 2.45) is 5.92 Å². The van der Waals surface area contributed by atoms with Crippen LogP contribution in [0.3, 0.4) is 0 Å². The van der Waals surface area contributed by atoms with Gasteiger partial charge in [-0.2, -0.15) is 0 Å². The summed E-state index contributed by atoms with van der Waals surface area (Å²) in [6, 6.07) is 23.4. The van der Waals surface area contributed by atoms with Crippen LogP contribution >= 0.6 is 11.8 Å². The minimum absolute atomic E-state index is 0.0413. The lowest BCUT2D eigenvalue weighted by molar-refractivity contribution is -0.149. The van der Waals surface area contributed by atoms with Gasteiger partial charge in [0, 0.05) is 23.5 Å². The van der Waals surface area contributed by atoms with Crippen LogP contribution in [0, 0.1) is 12.8 Å². The van der Waals surface area contributed by atoms with E-state index in [-0.39, 0.29) is 23.7 Å². The highest BCUT2D eigenvalue weighted by molar-refractivity contribution is 8.04. The Morgan fingerprint density at radius 3 is 2.54 bits per heavy atom. The molecule has 3 aromatic carbocycles. The maximum absolute atomic E-state index is 13.7. The molecule has 0 aromatic heterocycles. The largest absolute Gasteiger partial charge is 0.466 e. The first kappa shape index (κ1) is 26.8. The summed E-state index contributed by atoms with van der Waals surface area (Å²) in [6.07, 6.45) is 3.41. The van der Waals surface area contributed by atoms with E-state index in [9.17, 15) is 14.4 Å². The summed E-state index contributed by atoms with van der Waals surface area (Å²) >= 11 is 1.47. The monoisotopic (exact) mass is 540 g/mol. The predicted molar refractivity (Wildman–Crippen MR) is 154 cm³/mol. The van der Waals surface area contributed by atoms with Crippen molar-refractivity contribution in [1.29, 1.82) is 0 Å². The number of nitrogens with zero attached hydrogens (tertiary/aromatic N) is 2. The van der Waals surface area contributed by atoms with E-state index in [2.05, 4.69) is 19.1 Å². The smallest absolute Gasteiger partial charge is 0.310 e. The van der Waals surface area contributed by atoms with Gasteiger partial charge in [0.15, 0.2) is 0 Å². The first-order chi connectivity index (χ1) is 18.9. The lowest BCUT2D eigenvalue weighted by Gasteiger charge is -2.31. The number of likely N-dealkylation sites (tertiary alicyclic amines) is 1. The van der Waals surface area contributed by atoms with Crippen molar-refractivity contribution in [1.82, 2.24) is 4.90 Å². The molecule has 5 rings (SSSR count). The van der Waals surface area contributed by atoms with Crippen LogP contribution in [0.5, 0.6) is 0 Å². The van der Waals surface area contributed by atoms with Crippen molar-refractivity contribution in [3.8, 4) is 0 Å². The molecular formula is C32H32N2O4S. The van der Waals surface area contributed by atoms with Crippen LogP contribution < -0.4 is 4.90 Å². The SMILES string of the molecule is CCOC(=O)[C@@H]1CCCN(C(=O)c2ccc(/C=C3/Sc4ccccc4N(Cc4ccccc4C)C3=O)cc2)C1. The molecule has 2 aliphatic heterocycles. The van der Waals surface area contributed by atoms with Crippen molar-refractivity contribution in [3.63, 3.8) is 0 Å². The van der Waals surface area contributed by atoms with Crippen molar-refractivity contribution >= 4 is 41.3 Å². The molecule has 0 saturated carbocycles. The highest BCUT2D eigenvalue weighted by atomic mass is 32.2. The van der Waals surface area contributed by atoms with E-state index in [1.165, 1.54) is 11.8 Å². The zero-order valence-corrected chi connectivity index (χ0v) is 23.1. The molecule has 2 heterocycles. The molecule has 0 bridgehead atoms. The first-order valence-corrected chi connectivity index (χ1v) is 14.2. The zero-order chi connectivity index (χ0) is 27.4. The molecule has 6 nitrogen and oxygen atoms in total. The third-order valence-corrected chi connectivity index (χ3v) is 8.28. The summed E-state index contributed by atoms with van der Waals surface area (Å²) in [6.45, 7) is 5.70. The van der Waals surface area contributed by atoms with Crippen LogP contribution in [0.15, 0.2) is 82.6 Å². The Labute approximate surface area is 233 Å². The van der Waals surface area contributed by atoms with E-state index in [1.807, 2.05) is 59.5 Å². The van der Waals surface area contributed by atoms with Gasteiger partial charge in [-0.05, 0) is 73.7 Å². The molecule has 1 atom stereocenters. The molecule has 2 amide bonds. The Morgan fingerprint density at radius 1 is 1.03 bits per heavy atom. The van der Waals surface area contributed by atoms with Gasteiger partial charge in [0.2, 0.25) is 0 Å². The molecule has 0 aliphatic carbocycles. The molecule has 39 heavy (non-hydrogen) atoms. The lowest BCUT2D eigenvalue weighted by Crippen LogP contribution is -2.42. The van der Waals surface area contributed by atoms with Crippen molar-refractivity contribution < 1.29 is 19.1 Å². The zero-order valence-electron chi connectivity index (χ0n) is 22.3. The highest BCUT2D eigenvalue weighted by Crippen LogP contribution is 2.42. The average molecular weight is 541 g/mol. The molecule has 0 N–H and O–H groups in total. The predicted octanol–water partition coefficient (Wildman–Crippen LogP) is 6.09. The van der Waals surface area contributed by atoms with E-state index in [1.54, 1.807) is 24.0 Å². The van der Waals surface area contributed by atoms with Gasteiger partial charge in [0.25, 0.3) is 11.8 Å². The van der Waals surface area contributed by atoms with Gasteiger partial charge in [0.05, 0.1) is 29.7 Å². The molecule has 1 saturated heterocycles. The molecule has 1 fully saturated rings. The number of aryl methyl sites for hydroxylation is 1. The number of thioether (sulfide) groups is 1. The number of anilines is 1. The van der Waals surface area contributed by atoms with Gasteiger partial charge < -0.3 is 14.5 Å². The number of hydrogen-bond donors (Lipinski definition) is 0. The third-order valence-electron chi connectivity index (χ3n) is 7.21. The van der Waals surface area contributed by atoms with E-state index in [4.69, 9.17) is 4.74 Å². The average Bonchev–Trinajstić information content (AvgIpc) is 2.96. The minimum atomic E-state index is -0.272. The summed E-state index contributed by atoms with van der Waals surface area (Å²) in [4.78, 5) is 44.2. The van der Waals surface area contributed by atoms with Crippen LogP contribution in [0.1, 0.15) is 46.8 Å². The summed E-state index contributed by atoms with van der Waals surface area (Å²) < 4.78 is 5.16. The second-order valence-corrected chi connectivity index (χ2v) is 10.9. The lowest BCUT2D eigenvalue weighted by atomic mass is 9.97. The molecule has 0 radical (unpaired) electrons. The molecule has 0 unspecified atom stereocenters. The molecule has 7 heteroatoms. The minimum Gasteiger partial charge on any atom is -0.466 e. The van der Waals surface area contributed by atoms with Crippen molar-refractivity contribution in [2.75, 3.05) is 24.6 Å². The topological polar surface area (TPSA) is 66.9 Å². The van der Waals surface area contributed by atoms with Crippen molar-refractivity contribution in [3.05, 3.63) is 100.0 Å². The first-order valence-electron chi connectivity index (χ1n) is 13.4. The van der Waals surface area contributed by atoms with Crippen LogP contribution in [0.25, 0.3) is 6.08 Å². The van der Waals surface area contributed by atoms with Crippen LogP contribution in [-0.2, 0) is 20.9 Å². The Morgan fingerprint density at radius 2 is 1.77 bits per heavy atom. The van der Waals surface area contributed by atoms with E-state index < -0.39 is 0 Å². The van der Waals surface area contributed by atoms with Crippen LogP contribution in [-0.4, -0.2) is 42.4 Å². The number of ether oxygens (including phenoxy) is 1. The van der Waals surface area contributed by atoms with E-state index in [0.29, 0.717) is 36.7 Å². The Bertz CT molecular complexity index is 1420. The van der Waals surface area contributed by atoms with Gasteiger partial charge in [-0.15, -0.1) is 0 Å². The Kier molecular flexibility index (Phi) is 8.17. The van der Waals surface area contributed by atoms with Gasteiger partial charge >= 0.3 is 5.97 Å². The second kappa shape index (κ2) is 11.9. The number of amides is 2. The van der Waals surface area contributed by atoms with E-state index in [0.717, 1.165) is 40.1 Å². The highest BCUT2D eigenvalue weighted by Gasteiger charge is 2.31. The van der Waals surface area contributed by atoms with Gasteiger partial charge in [-0.25, -0.2) is 0 Å².